The van der Waals surface area contributed by atoms with Crippen LogP contribution in [0.5, 0.6) is 5.88 Å². The lowest BCUT2D eigenvalue weighted by Crippen LogP contribution is -2.30. The van der Waals surface area contributed by atoms with E-state index in [-0.39, 0.29) is 17.6 Å². The summed E-state index contributed by atoms with van der Waals surface area (Å²) in [6.07, 6.45) is 3.15. The highest BCUT2D eigenvalue weighted by Gasteiger charge is 2.18. The Labute approximate surface area is 120 Å². The largest absolute Gasteiger partial charge is 0.480 e. The van der Waals surface area contributed by atoms with Crippen molar-refractivity contribution in [2.45, 2.75) is 0 Å². The molecule has 1 aliphatic rings. The third kappa shape index (κ3) is 2.48. The van der Waals surface area contributed by atoms with Gasteiger partial charge in [-0.15, -0.1) is 0 Å². The molecular weight excluding hydrogens is 272 g/mol. The molecule has 0 unspecified atom stereocenters. The van der Waals surface area contributed by atoms with Gasteiger partial charge in [0.1, 0.15) is 17.2 Å². The molecule has 2 aromatic rings. The predicted octanol–water partition coefficient (Wildman–Crippen LogP) is 1.14. The number of aromatic nitrogens is 1. The molecule has 0 atom stereocenters. The highest BCUT2D eigenvalue weighted by atomic mass is 16.5. The van der Waals surface area contributed by atoms with Crippen molar-refractivity contribution in [1.29, 1.82) is 0 Å². The number of hydrogen-bond donors (Lipinski definition) is 2. The quantitative estimate of drug-likeness (QED) is 0.822. The van der Waals surface area contributed by atoms with Crippen LogP contribution in [0, 0.1) is 0 Å². The number of furan rings is 1. The van der Waals surface area contributed by atoms with E-state index in [0.717, 1.165) is 5.56 Å². The number of nitrogens with two attached hydrogens (primary N) is 1. The molecule has 2 aromatic heterocycles. The summed E-state index contributed by atoms with van der Waals surface area (Å²) in [5.74, 6) is 1.25. The Morgan fingerprint density at radius 1 is 1.38 bits per heavy atom. The molecule has 3 N–H and O–H groups in total. The maximum atomic E-state index is 11.5. The second kappa shape index (κ2) is 5.12. The Balaban J connectivity index is 1.94. The number of carbonyl (C=O) groups is 1. The van der Waals surface area contributed by atoms with Crippen LogP contribution in [0.25, 0.3) is 17.4 Å². The topological polar surface area (TPSA) is 103 Å². The second-order valence-corrected chi connectivity index (χ2v) is 4.24. The SMILES string of the molecule is COc1ncccc1-c1ccc(/C=C2/N=C(N)NC2=O)o1. The van der Waals surface area contributed by atoms with Crippen molar-refractivity contribution in [3.8, 4) is 17.2 Å². The first-order valence-electron chi connectivity index (χ1n) is 6.14. The lowest BCUT2D eigenvalue weighted by atomic mass is 10.2. The Bertz CT molecular complexity index is 761. The van der Waals surface area contributed by atoms with Crippen molar-refractivity contribution in [2.24, 2.45) is 10.7 Å². The van der Waals surface area contributed by atoms with E-state index < -0.39 is 0 Å². The molecule has 3 heterocycles. The Kier molecular flexibility index (Phi) is 3.15. The van der Waals surface area contributed by atoms with Crippen LogP contribution in [0.15, 0.2) is 45.6 Å². The molecule has 7 heteroatoms. The number of nitrogens with one attached hydrogen (secondary N) is 1. The third-order valence-corrected chi connectivity index (χ3v) is 2.85. The number of pyridine rings is 1. The van der Waals surface area contributed by atoms with Gasteiger partial charge in [-0.1, -0.05) is 0 Å². The molecule has 7 nitrogen and oxygen atoms in total. The lowest BCUT2D eigenvalue weighted by molar-refractivity contribution is -0.115. The number of amides is 1. The normalized spacial score (nSPS) is 16.0. The fraction of sp³-hybridized carbons (Fsp3) is 0.0714. The van der Waals surface area contributed by atoms with Crippen LogP contribution in [-0.2, 0) is 4.79 Å². The Morgan fingerprint density at radius 2 is 2.24 bits per heavy atom. The zero-order valence-corrected chi connectivity index (χ0v) is 11.2. The molecule has 0 saturated carbocycles. The average Bonchev–Trinajstić information content (AvgIpc) is 3.06. The van der Waals surface area contributed by atoms with E-state index in [9.17, 15) is 4.79 Å². The molecule has 0 spiro atoms. The number of nitrogens with zero attached hydrogens (tertiary/aromatic N) is 2. The summed E-state index contributed by atoms with van der Waals surface area (Å²) in [6, 6.07) is 7.12. The van der Waals surface area contributed by atoms with Crippen LogP contribution in [0.2, 0.25) is 0 Å². The standard InChI is InChI=1S/C14H12N4O3/c1-20-13-9(3-2-6-16-13)11-5-4-8(21-11)7-10-12(19)18-14(15)17-10/h2-7H,1H3,(H3,15,17,18,19)/b10-7+. The van der Waals surface area contributed by atoms with E-state index in [4.69, 9.17) is 14.9 Å². The van der Waals surface area contributed by atoms with Gasteiger partial charge in [-0.3, -0.25) is 10.1 Å². The van der Waals surface area contributed by atoms with E-state index in [2.05, 4.69) is 15.3 Å². The van der Waals surface area contributed by atoms with Crippen molar-refractivity contribution < 1.29 is 13.9 Å². The number of hydrogen-bond acceptors (Lipinski definition) is 6. The van der Waals surface area contributed by atoms with Crippen LogP contribution < -0.4 is 15.8 Å². The molecule has 106 valence electrons. The van der Waals surface area contributed by atoms with Gasteiger partial charge in [0.05, 0.1) is 12.7 Å². The Morgan fingerprint density at radius 3 is 2.95 bits per heavy atom. The molecule has 1 amide bonds. The number of rotatable bonds is 3. The minimum atomic E-state index is -0.357. The first-order valence-corrected chi connectivity index (χ1v) is 6.14. The van der Waals surface area contributed by atoms with Gasteiger partial charge in [-0.2, -0.15) is 0 Å². The van der Waals surface area contributed by atoms with E-state index >= 15 is 0 Å². The fourth-order valence-corrected chi connectivity index (χ4v) is 1.94. The zero-order valence-electron chi connectivity index (χ0n) is 11.2. The molecule has 1 aliphatic heterocycles. The smallest absolute Gasteiger partial charge is 0.276 e. The van der Waals surface area contributed by atoms with Crippen LogP contribution in [0.1, 0.15) is 5.76 Å². The van der Waals surface area contributed by atoms with Crippen molar-refractivity contribution in [3.05, 3.63) is 41.9 Å². The van der Waals surface area contributed by atoms with Gasteiger partial charge in [0.15, 0.2) is 0 Å². The minimum Gasteiger partial charge on any atom is -0.480 e. The summed E-state index contributed by atoms with van der Waals surface area (Å²) in [4.78, 5) is 19.5. The van der Waals surface area contributed by atoms with Gasteiger partial charge < -0.3 is 14.9 Å². The van der Waals surface area contributed by atoms with Crippen molar-refractivity contribution >= 4 is 17.9 Å². The predicted molar refractivity (Wildman–Crippen MR) is 76.2 cm³/mol. The summed E-state index contributed by atoms with van der Waals surface area (Å²) in [5, 5.41) is 2.39. The summed E-state index contributed by atoms with van der Waals surface area (Å²) in [5.41, 5.74) is 6.35. The molecule has 3 rings (SSSR count). The zero-order chi connectivity index (χ0) is 14.8. The van der Waals surface area contributed by atoms with E-state index in [1.54, 1.807) is 24.4 Å². The van der Waals surface area contributed by atoms with Crippen LogP contribution in [0.3, 0.4) is 0 Å². The average molecular weight is 284 g/mol. The van der Waals surface area contributed by atoms with Gasteiger partial charge >= 0.3 is 0 Å². The van der Waals surface area contributed by atoms with Crippen molar-refractivity contribution in [2.75, 3.05) is 7.11 Å². The fourth-order valence-electron chi connectivity index (χ4n) is 1.94. The number of ether oxygens (including phenoxy) is 1. The molecule has 21 heavy (non-hydrogen) atoms. The first kappa shape index (κ1) is 12.9. The molecule has 0 fully saturated rings. The van der Waals surface area contributed by atoms with Crippen molar-refractivity contribution in [3.63, 3.8) is 0 Å². The van der Waals surface area contributed by atoms with Gasteiger partial charge in [0.2, 0.25) is 11.8 Å². The van der Waals surface area contributed by atoms with Crippen molar-refractivity contribution in [1.82, 2.24) is 10.3 Å². The molecule has 0 saturated heterocycles. The molecule has 0 radical (unpaired) electrons. The monoisotopic (exact) mass is 284 g/mol. The van der Waals surface area contributed by atoms with Gasteiger partial charge in [-0.25, -0.2) is 9.98 Å². The second-order valence-electron chi connectivity index (χ2n) is 4.24. The Hall–Kier alpha value is -3.09. The molecule has 0 aliphatic carbocycles. The van der Waals surface area contributed by atoms with E-state index in [1.165, 1.54) is 13.2 Å². The molecule has 0 aromatic carbocycles. The summed E-state index contributed by atoms with van der Waals surface area (Å²) in [6.45, 7) is 0. The van der Waals surface area contributed by atoms with E-state index in [1.807, 2.05) is 6.07 Å². The van der Waals surface area contributed by atoms with Crippen LogP contribution in [-0.4, -0.2) is 24.0 Å². The highest BCUT2D eigenvalue weighted by Crippen LogP contribution is 2.29. The van der Waals surface area contributed by atoms with Gasteiger partial charge in [0.25, 0.3) is 5.91 Å². The number of aliphatic imine (C=N–C) groups is 1. The highest BCUT2D eigenvalue weighted by molar-refractivity contribution is 6.13. The lowest BCUT2D eigenvalue weighted by Gasteiger charge is -2.03. The number of carbonyl (C=O) groups excluding carboxylic acids is 1. The first-order chi connectivity index (χ1) is 10.2. The summed E-state index contributed by atoms with van der Waals surface area (Å²) >= 11 is 0. The van der Waals surface area contributed by atoms with Crippen LogP contribution >= 0.6 is 0 Å². The third-order valence-electron chi connectivity index (χ3n) is 2.85. The van der Waals surface area contributed by atoms with Gasteiger partial charge in [-0.05, 0) is 24.3 Å². The molecular formula is C14H12N4O3. The maximum absolute atomic E-state index is 11.5. The van der Waals surface area contributed by atoms with Crippen LogP contribution in [0.4, 0.5) is 0 Å². The summed E-state index contributed by atoms with van der Waals surface area (Å²) in [7, 11) is 1.54. The molecule has 0 bridgehead atoms. The number of guanidine groups is 1. The summed E-state index contributed by atoms with van der Waals surface area (Å²) < 4.78 is 10.9. The maximum Gasteiger partial charge on any atom is 0.276 e. The minimum absolute atomic E-state index is 0.0759. The number of methoxy groups -OCH3 is 1. The van der Waals surface area contributed by atoms with Gasteiger partial charge in [0, 0.05) is 12.3 Å². The van der Waals surface area contributed by atoms with E-state index in [0.29, 0.717) is 17.4 Å².